The van der Waals surface area contributed by atoms with Crippen molar-refractivity contribution >= 4 is 35.1 Å². The molecule has 1 aromatic heterocycles. The van der Waals surface area contributed by atoms with Crippen LogP contribution in [-0.2, 0) is 11.8 Å². The van der Waals surface area contributed by atoms with E-state index in [1.165, 1.54) is 29.2 Å². The number of benzene rings is 1. The fraction of sp³-hybridized carbons (Fsp3) is 0.154. The first kappa shape index (κ1) is 15.3. The lowest BCUT2D eigenvalue weighted by molar-refractivity contribution is -0.139. The Labute approximate surface area is 130 Å². The van der Waals surface area contributed by atoms with Crippen LogP contribution < -0.4 is 5.32 Å². The topological polar surface area (TPSA) is 84.2 Å². The third kappa shape index (κ3) is 3.34. The van der Waals surface area contributed by atoms with E-state index in [1.807, 2.05) is 0 Å². The van der Waals surface area contributed by atoms with Gasteiger partial charge in [-0.1, -0.05) is 29.3 Å². The second-order valence-electron chi connectivity index (χ2n) is 4.29. The van der Waals surface area contributed by atoms with Gasteiger partial charge in [-0.15, -0.1) is 0 Å². The van der Waals surface area contributed by atoms with Crippen molar-refractivity contribution < 1.29 is 14.7 Å². The summed E-state index contributed by atoms with van der Waals surface area (Å²) in [4.78, 5) is 23.5. The average molecular weight is 328 g/mol. The number of carboxylic acids is 1. The predicted molar refractivity (Wildman–Crippen MR) is 77.5 cm³/mol. The van der Waals surface area contributed by atoms with Crippen LogP contribution in [0.25, 0.3) is 0 Å². The normalized spacial score (nSPS) is 12.0. The molecule has 2 rings (SSSR count). The first-order valence-corrected chi connectivity index (χ1v) is 6.62. The molecule has 1 aromatic carbocycles. The maximum absolute atomic E-state index is 12.2. The Morgan fingerprint density at radius 1 is 1.38 bits per heavy atom. The molecule has 6 nitrogen and oxygen atoms in total. The van der Waals surface area contributed by atoms with E-state index in [2.05, 4.69) is 10.4 Å². The smallest absolute Gasteiger partial charge is 0.331 e. The molecule has 0 saturated heterocycles. The fourth-order valence-electron chi connectivity index (χ4n) is 1.76. The van der Waals surface area contributed by atoms with Gasteiger partial charge in [0.1, 0.15) is 0 Å². The van der Waals surface area contributed by atoms with Gasteiger partial charge in [-0.2, -0.15) is 5.10 Å². The molecule has 0 saturated carbocycles. The molecule has 0 spiro atoms. The number of hydrogen-bond donors (Lipinski definition) is 2. The Bertz CT molecular complexity index is 700. The second kappa shape index (κ2) is 6.15. The van der Waals surface area contributed by atoms with E-state index in [0.717, 1.165) is 0 Å². The van der Waals surface area contributed by atoms with Gasteiger partial charge in [0.15, 0.2) is 6.04 Å². The van der Waals surface area contributed by atoms with Crippen LogP contribution in [0, 0.1) is 0 Å². The van der Waals surface area contributed by atoms with E-state index in [1.54, 1.807) is 13.1 Å². The van der Waals surface area contributed by atoms with Crippen LogP contribution in [0.15, 0.2) is 30.6 Å². The molecule has 2 aromatic rings. The van der Waals surface area contributed by atoms with Crippen LogP contribution in [0.2, 0.25) is 10.0 Å². The minimum absolute atomic E-state index is 0.0759. The standard InChI is InChI=1S/C13H11Cl2N3O3/c1-18-6-7(5-16-18)11(13(20)21)17-12(19)8-3-2-4-9(14)10(8)15/h2-6,11H,1H3,(H,17,19)(H,20,21). The Morgan fingerprint density at radius 3 is 2.67 bits per heavy atom. The van der Waals surface area contributed by atoms with Crippen LogP contribution in [0.3, 0.4) is 0 Å². The summed E-state index contributed by atoms with van der Waals surface area (Å²) in [6.45, 7) is 0. The molecule has 1 unspecified atom stereocenters. The highest BCUT2D eigenvalue weighted by molar-refractivity contribution is 6.43. The second-order valence-corrected chi connectivity index (χ2v) is 5.08. The van der Waals surface area contributed by atoms with Crippen molar-refractivity contribution in [3.8, 4) is 0 Å². The molecule has 1 atom stereocenters. The Balaban J connectivity index is 2.27. The van der Waals surface area contributed by atoms with Gasteiger partial charge >= 0.3 is 5.97 Å². The molecule has 1 heterocycles. The predicted octanol–water partition coefficient (Wildman–Crippen LogP) is 2.28. The molecule has 0 radical (unpaired) electrons. The maximum Gasteiger partial charge on any atom is 0.331 e. The number of carbonyl (C=O) groups excluding carboxylic acids is 1. The Morgan fingerprint density at radius 2 is 2.10 bits per heavy atom. The average Bonchev–Trinajstić information content (AvgIpc) is 2.84. The molecule has 8 heteroatoms. The van der Waals surface area contributed by atoms with Crippen molar-refractivity contribution in [1.29, 1.82) is 0 Å². The quantitative estimate of drug-likeness (QED) is 0.902. The van der Waals surface area contributed by atoms with Crippen molar-refractivity contribution in [2.45, 2.75) is 6.04 Å². The first-order valence-electron chi connectivity index (χ1n) is 5.86. The lowest BCUT2D eigenvalue weighted by atomic mass is 10.1. The number of carboxylic acid groups (broad SMARTS) is 1. The molecule has 0 fully saturated rings. The number of halogens is 2. The van der Waals surface area contributed by atoms with Crippen LogP contribution in [0.5, 0.6) is 0 Å². The molecule has 1 amide bonds. The van der Waals surface area contributed by atoms with E-state index in [0.29, 0.717) is 5.56 Å². The van der Waals surface area contributed by atoms with Gasteiger partial charge in [0, 0.05) is 18.8 Å². The summed E-state index contributed by atoms with van der Waals surface area (Å²) >= 11 is 11.8. The molecule has 0 aliphatic rings. The number of hydrogen-bond acceptors (Lipinski definition) is 3. The van der Waals surface area contributed by atoms with E-state index in [4.69, 9.17) is 23.2 Å². The summed E-state index contributed by atoms with van der Waals surface area (Å²) in [6, 6.07) is 3.34. The molecule has 0 bridgehead atoms. The first-order chi connectivity index (χ1) is 9.90. The number of aliphatic carboxylic acids is 1. The number of aromatic nitrogens is 2. The van der Waals surface area contributed by atoms with Gasteiger partial charge < -0.3 is 10.4 Å². The van der Waals surface area contributed by atoms with Gasteiger partial charge in [-0.25, -0.2) is 4.79 Å². The van der Waals surface area contributed by atoms with Crippen LogP contribution >= 0.6 is 23.2 Å². The summed E-state index contributed by atoms with van der Waals surface area (Å²) < 4.78 is 1.45. The molecule has 2 N–H and O–H groups in total. The zero-order valence-corrected chi connectivity index (χ0v) is 12.4. The monoisotopic (exact) mass is 327 g/mol. The SMILES string of the molecule is Cn1cc(C(NC(=O)c2cccc(Cl)c2Cl)C(=O)O)cn1. The van der Waals surface area contributed by atoms with Crippen LogP contribution in [-0.4, -0.2) is 26.8 Å². The van der Waals surface area contributed by atoms with Crippen molar-refractivity contribution in [2.24, 2.45) is 7.05 Å². The minimum atomic E-state index is -1.22. The van der Waals surface area contributed by atoms with Gasteiger partial charge in [-0.3, -0.25) is 9.48 Å². The molecule has 0 aliphatic heterocycles. The van der Waals surface area contributed by atoms with Gasteiger partial charge in [-0.05, 0) is 12.1 Å². The largest absolute Gasteiger partial charge is 0.479 e. The molecular weight excluding hydrogens is 317 g/mol. The van der Waals surface area contributed by atoms with Crippen molar-refractivity contribution in [3.05, 3.63) is 51.8 Å². The third-order valence-corrected chi connectivity index (χ3v) is 3.60. The highest BCUT2D eigenvalue weighted by Gasteiger charge is 2.25. The highest BCUT2D eigenvalue weighted by Crippen LogP contribution is 2.26. The fourth-order valence-corrected chi connectivity index (χ4v) is 2.15. The number of nitrogens with zero attached hydrogens (tertiary/aromatic N) is 2. The van der Waals surface area contributed by atoms with E-state index < -0.39 is 17.9 Å². The third-order valence-electron chi connectivity index (χ3n) is 2.78. The number of nitrogens with one attached hydrogen (secondary N) is 1. The Hall–Kier alpha value is -2.05. The van der Waals surface area contributed by atoms with Crippen molar-refractivity contribution in [1.82, 2.24) is 15.1 Å². The lowest BCUT2D eigenvalue weighted by Crippen LogP contribution is -2.33. The zero-order valence-electron chi connectivity index (χ0n) is 10.9. The van der Waals surface area contributed by atoms with Gasteiger partial charge in [0.25, 0.3) is 5.91 Å². The molecule has 0 aliphatic carbocycles. The van der Waals surface area contributed by atoms with Crippen LogP contribution in [0.4, 0.5) is 0 Å². The number of rotatable bonds is 4. The number of aryl methyl sites for hydroxylation is 1. The minimum Gasteiger partial charge on any atom is -0.479 e. The molecule has 21 heavy (non-hydrogen) atoms. The van der Waals surface area contributed by atoms with E-state index >= 15 is 0 Å². The van der Waals surface area contributed by atoms with Crippen LogP contribution in [0.1, 0.15) is 22.0 Å². The summed E-state index contributed by atoms with van der Waals surface area (Å²) in [5.41, 5.74) is 0.468. The number of carbonyl (C=O) groups is 2. The summed E-state index contributed by atoms with van der Waals surface area (Å²) in [5, 5.41) is 15.8. The van der Waals surface area contributed by atoms with Crippen molar-refractivity contribution in [3.63, 3.8) is 0 Å². The number of amides is 1. The van der Waals surface area contributed by atoms with Crippen molar-refractivity contribution in [2.75, 3.05) is 0 Å². The highest BCUT2D eigenvalue weighted by atomic mass is 35.5. The maximum atomic E-state index is 12.2. The summed E-state index contributed by atoms with van der Waals surface area (Å²) in [6.07, 6.45) is 2.89. The molecular formula is C13H11Cl2N3O3. The summed E-state index contributed by atoms with van der Waals surface area (Å²) in [7, 11) is 1.65. The zero-order chi connectivity index (χ0) is 15.6. The van der Waals surface area contributed by atoms with Gasteiger partial charge in [0.2, 0.25) is 0 Å². The Kier molecular flexibility index (Phi) is 4.50. The lowest BCUT2D eigenvalue weighted by Gasteiger charge is -2.13. The summed E-state index contributed by atoms with van der Waals surface area (Å²) in [5.74, 6) is -1.83. The van der Waals surface area contributed by atoms with Gasteiger partial charge in [0.05, 0.1) is 21.8 Å². The van der Waals surface area contributed by atoms with E-state index in [-0.39, 0.29) is 15.6 Å². The van der Waals surface area contributed by atoms with E-state index in [9.17, 15) is 14.7 Å². The molecule has 110 valence electrons.